The van der Waals surface area contributed by atoms with Crippen molar-refractivity contribution in [2.24, 2.45) is 5.41 Å². The summed E-state index contributed by atoms with van der Waals surface area (Å²) in [6.07, 6.45) is 3.23. The van der Waals surface area contributed by atoms with Crippen LogP contribution in [0.3, 0.4) is 0 Å². The van der Waals surface area contributed by atoms with E-state index in [0.29, 0.717) is 11.8 Å². The summed E-state index contributed by atoms with van der Waals surface area (Å²) < 4.78 is 0. The fourth-order valence-corrected chi connectivity index (χ4v) is 1.68. The van der Waals surface area contributed by atoms with E-state index in [0.717, 1.165) is 17.8 Å². The van der Waals surface area contributed by atoms with Crippen LogP contribution in [0, 0.1) is 5.41 Å². The standard InChI is InChI=1S/C14H19NO/c1-3-13(16)11-4-6-12(7-5-11)15-10-14(2)8-9-14/h4-7,15H,3,8-10H2,1-2H3. The van der Waals surface area contributed by atoms with Gasteiger partial charge >= 0.3 is 0 Å². The van der Waals surface area contributed by atoms with Crippen molar-refractivity contribution < 1.29 is 4.79 Å². The maximum absolute atomic E-state index is 11.4. The molecule has 0 bridgehead atoms. The number of benzene rings is 1. The molecule has 0 amide bonds. The van der Waals surface area contributed by atoms with E-state index in [4.69, 9.17) is 0 Å². The minimum absolute atomic E-state index is 0.209. The van der Waals surface area contributed by atoms with Gasteiger partial charge in [0.2, 0.25) is 0 Å². The first kappa shape index (κ1) is 11.2. The summed E-state index contributed by atoms with van der Waals surface area (Å²) in [5.41, 5.74) is 2.43. The molecule has 0 heterocycles. The van der Waals surface area contributed by atoms with Crippen molar-refractivity contribution in [3.63, 3.8) is 0 Å². The molecule has 0 aliphatic heterocycles. The first-order valence-electron chi connectivity index (χ1n) is 6.00. The van der Waals surface area contributed by atoms with Gasteiger partial charge in [-0.2, -0.15) is 0 Å². The van der Waals surface area contributed by atoms with Crippen molar-refractivity contribution in [2.75, 3.05) is 11.9 Å². The number of nitrogens with one attached hydrogen (secondary N) is 1. The number of hydrogen-bond donors (Lipinski definition) is 1. The van der Waals surface area contributed by atoms with Gasteiger partial charge in [-0.05, 0) is 42.5 Å². The van der Waals surface area contributed by atoms with Gasteiger partial charge in [0, 0.05) is 24.2 Å². The lowest BCUT2D eigenvalue weighted by Gasteiger charge is -2.11. The van der Waals surface area contributed by atoms with Gasteiger partial charge in [-0.1, -0.05) is 13.8 Å². The Labute approximate surface area is 97.1 Å². The number of carbonyl (C=O) groups is 1. The third-order valence-electron chi connectivity index (χ3n) is 3.35. The fraction of sp³-hybridized carbons (Fsp3) is 0.500. The molecule has 1 fully saturated rings. The highest BCUT2D eigenvalue weighted by atomic mass is 16.1. The van der Waals surface area contributed by atoms with Crippen LogP contribution in [-0.4, -0.2) is 12.3 Å². The highest BCUT2D eigenvalue weighted by Crippen LogP contribution is 2.44. The average molecular weight is 217 g/mol. The molecule has 16 heavy (non-hydrogen) atoms. The molecule has 0 spiro atoms. The summed E-state index contributed by atoms with van der Waals surface area (Å²) in [4.78, 5) is 11.4. The topological polar surface area (TPSA) is 29.1 Å². The third kappa shape index (κ3) is 2.63. The molecule has 1 aromatic rings. The molecular weight excluding hydrogens is 198 g/mol. The van der Waals surface area contributed by atoms with E-state index in [1.165, 1.54) is 12.8 Å². The van der Waals surface area contributed by atoms with Gasteiger partial charge in [-0.15, -0.1) is 0 Å². The lowest BCUT2D eigenvalue weighted by Crippen LogP contribution is -2.11. The number of hydrogen-bond acceptors (Lipinski definition) is 2. The molecule has 0 unspecified atom stereocenters. The van der Waals surface area contributed by atoms with Crippen LogP contribution in [-0.2, 0) is 0 Å². The van der Waals surface area contributed by atoms with Crippen LogP contribution in [0.4, 0.5) is 5.69 Å². The van der Waals surface area contributed by atoms with Crippen molar-refractivity contribution in [3.8, 4) is 0 Å². The second-order valence-corrected chi connectivity index (χ2v) is 5.02. The van der Waals surface area contributed by atoms with Crippen LogP contribution in [0.1, 0.15) is 43.5 Å². The van der Waals surface area contributed by atoms with Gasteiger partial charge in [0.1, 0.15) is 0 Å². The Hall–Kier alpha value is -1.31. The quantitative estimate of drug-likeness (QED) is 0.765. The molecule has 1 saturated carbocycles. The lowest BCUT2D eigenvalue weighted by molar-refractivity contribution is 0.0988. The smallest absolute Gasteiger partial charge is 0.162 e. The minimum Gasteiger partial charge on any atom is -0.384 e. The molecule has 1 aliphatic rings. The summed E-state index contributed by atoms with van der Waals surface area (Å²) in [6, 6.07) is 7.80. The highest BCUT2D eigenvalue weighted by molar-refractivity contribution is 5.96. The second-order valence-electron chi connectivity index (χ2n) is 5.02. The predicted molar refractivity (Wildman–Crippen MR) is 66.9 cm³/mol. The van der Waals surface area contributed by atoms with E-state index in [9.17, 15) is 4.79 Å². The number of anilines is 1. The average Bonchev–Trinajstić information content (AvgIpc) is 3.05. The molecule has 0 atom stereocenters. The number of Topliss-reactive ketones (excluding diaryl/α,β-unsaturated/α-hetero) is 1. The fourth-order valence-electron chi connectivity index (χ4n) is 1.68. The molecule has 86 valence electrons. The maximum atomic E-state index is 11.4. The van der Waals surface area contributed by atoms with Gasteiger partial charge < -0.3 is 5.32 Å². The number of carbonyl (C=O) groups excluding carboxylic acids is 1. The summed E-state index contributed by atoms with van der Waals surface area (Å²) in [5.74, 6) is 0.209. The first-order chi connectivity index (χ1) is 7.63. The Morgan fingerprint density at radius 1 is 1.31 bits per heavy atom. The second kappa shape index (κ2) is 4.28. The van der Waals surface area contributed by atoms with Crippen molar-refractivity contribution in [1.82, 2.24) is 0 Å². The van der Waals surface area contributed by atoms with Gasteiger partial charge in [0.05, 0.1) is 0 Å². The Morgan fingerprint density at radius 2 is 1.94 bits per heavy atom. The molecule has 0 radical (unpaired) electrons. The summed E-state index contributed by atoms with van der Waals surface area (Å²) in [7, 11) is 0. The van der Waals surface area contributed by atoms with E-state index in [2.05, 4.69) is 12.2 Å². The van der Waals surface area contributed by atoms with Crippen LogP contribution in [0.5, 0.6) is 0 Å². The van der Waals surface area contributed by atoms with Crippen LogP contribution in [0.25, 0.3) is 0 Å². The van der Waals surface area contributed by atoms with Crippen molar-refractivity contribution >= 4 is 11.5 Å². The SMILES string of the molecule is CCC(=O)c1ccc(NCC2(C)CC2)cc1. The number of rotatable bonds is 5. The summed E-state index contributed by atoms with van der Waals surface area (Å²) in [5, 5.41) is 3.42. The van der Waals surface area contributed by atoms with E-state index < -0.39 is 0 Å². The molecule has 1 aromatic carbocycles. The summed E-state index contributed by atoms with van der Waals surface area (Å²) in [6.45, 7) is 5.23. The normalized spacial score (nSPS) is 16.9. The van der Waals surface area contributed by atoms with E-state index in [-0.39, 0.29) is 5.78 Å². The highest BCUT2D eigenvalue weighted by Gasteiger charge is 2.36. The molecule has 1 aliphatic carbocycles. The zero-order chi connectivity index (χ0) is 11.6. The Balaban J connectivity index is 1.93. The molecule has 2 heteroatoms. The molecule has 0 aromatic heterocycles. The minimum atomic E-state index is 0.209. The Bertz CT molecular complexity index is 376. The third-order valence-corrected chi connectivity index (χ3v) is 3.35. The molecule has 1 N–H and O–H groups in total. The molecule has 0 saturated heterocycles. The lowest BCUT2D eigenvalue weighted by atomic mass is 10.1. The van der Waals surface area contributed by atoms with Crippen molar-refractivity contribution in [1.29, 1.82) is 0 Å². The van der Waals surface area contributed by atoms with E-state index in [1.807, 2.05) is 31.2 Å². The van der Waals surface area contributed by atoms with Gasteiger partial charge in [0.25, 0.3) is 0 Å². The van der Waals surface area contributed by atoms with Gasteiger partial charge in [-0.25, -0.2) is 0 Å². The van der Waals surface area contributed by atoms with E-state index >= 15 is 0 Å². The molecule has 2 nitrogen and oxygen atoms in total. The Morgan fingerprint density at radius 3 is 2.44 bits per heavy atom. The maximum Gasteiger partial charge on any atom is 0.162 e. The number of ketones is 1. The van der Waals surface area contributed by atoms with Crippen LogP contribution in [0.2, 0.25) is 0 Å². The van der Waals surface area contributed by atoms with Crippen molar-refractivity contribution in [2.45, 2.75) is 33.1 Å². The van der Waals surface area contributed by atoms with Gasteiger partial charge in [0.15, 0.2) is 5.78 Å². The zero-order valence-electron chi connectivity index (χ0n) is 10.0. The van der Waals surface area contributed by atoms with Crippen LogP contribution >= 0.6 is 0 Å². The first-order valence-corrected chi connectivity index (χ1v) is 6.00. The Kier molecular flexibility index (Phi) is 2.99. The predicted octanol–water partition coefficient (Wildman–Crippen LogP) is 3.49. The van der Waals surface area contributed by atoms with Gasteiger partial charge in [-0.3, -0.25) is 4.79 Å². The zero-order valence-corrected chi connectivity index (χ0v) is 10.0. The molecule has 2 rings (SSSR count). The largest absolute Gasteiger partial charge is 0.384 e. The van der Waals surface area contributed by atoms with E-state index in [1.54, 1.807) is 0 Å². The van der Waals surface area contributed by atoms with Crippen molar-refractivity contribution in [3.05, 3.63) is 29.8 Å². The van der Waals surface area contributed by atoms with Crippen LogP contribution in [0.15, 0.2) is 24.3 Å². The molecular formula is C14H19NO. The monoisotopic (exact) mass is 217 g/mol. The summed E-state index contributed by atoms with van der Waals surface area (Å²) >= 11 is 0. The van der Waals surface area contributed by atoms with Crippen LogP contribution < -0.4 is 5.32 Å².